The van der Waals surface area contributed by atoms with E-state index in [-0.39, 0.29) is 55.0 Å². The highest BCUT2D eigenvalue weighted by atomic mass is 35.5. The van der Waals surface area contributed by atoms with Crippen LogP contribution in [0.5, 0.6) is 5.75 Å². The predicted molar refractivity (Wildman–Crippen MR) is 132 cm³/mol. The first-order valence-corrected chi connectivity index (χ1v) is 10.2. The lowest BCUT2D eigenvalue weighted by molar-refractivity contribution is -0.144. The molecule has 8 nitrogen and oxygen atoms in total. The molecule has 33 heavy (non-hydrogen) atoms. The Morgan fingerprint density at radius 3 is 2.18 bits per heavy atom. The Hall–Kier alpha value is -2.81. The van der Waals surface area contributed by atoms with Crippen LogP contribution in [0.15, 0.2) is 48.5 Å². The number of halogens is 2. The molecule has 2 aromatic rings. The molecule has 0 aliphatic carbocycles. The fourth-order valence-electron chi connectivity index (χ4n) is 3.79. The second-order valence-electron chi connectivity index (χ2n) is 7.51. The highest BCUT2D eigenvalue weighted by molar-refractivity contribution is 5.95. The first kappa shape index (κ1) is 28.2. The average molecular weight is 497 g/mol. The maximum atomic E-state index is 12.6. The maximum Gasteiger partial charge on any atom is 0.306 e. The monoisotopic (exact) mass is 496 g/mol. The van der Waals surface area contributed by atoms with E-state index in [4.69, 9.17) is 26.4 Å². The summed E-state index contributed by atoms with van der Waals surface area (Å²) in [4.78, 5) is 25.9. The summed E-state index contributed by atoms with van der Waals surface area (Å²) in [6, 6.07) is 15.0. The Morgan fingerprint density at radius 1 is 1.09 bits per heavy atom. The molecular formula is C23H30Cl2N4O4. The fraction of sp³-hybridized carbons (Fsp3) is 0.348. The van der Waals surface area contributed by atoms with Crippen molar-refractivity contribution in [2.75, 3.05) is 26.8 Å². The number of nitrogens with one attached hydrogen (secondary N) is 1. The third-order valence-corrected chi connectivity index (χ3v) is 5.47. The minimum Gasteiger partial charge on any atom is -0.491 e. The molecule has 1 heterocycles. The minimum atomic E-state index is -0.395. The molecule has 0 radical (unpaired) electrons. The van der Waals surface area contributed by atoms with E-state index in [1.54, 1.807) is 4.90 Å². The highest BCUT2D eigenvalue weighted by Gasteiger charge is 2.40. The van der Waals surface area contributed by atoms with Gasteiger partial charge in [-0.1, -0.05) is 36.4 Å². The van der Waals surface area contributed by atoms with Gasteiger partial charge >= 0.3 is 5.97 Å². The normalized spacial score (nSPS) is 17.0. The molecule has 10 heteroatoms. The summed E-state index contributed by atoms with van der Waals surface area (Å²) in [5, 5.41) is 7.47. The lowest BCUT2D eigenvalue weighted by Gasteiger charge is -2.24. The third kappa shape index (κ3) is 7.08. The van der Waals surface area contributed by atoms with E-state index in [1.807, 2.05) is 48.5 Å². The van der Waals surface area contributed by atoms with E-state index in [9.17, 15) is 9.59 Å². The Bertz CT molecular complexity index is 938. The zero-order chi connectivity index (χ0) is 22.4. The van der Waals surface area contributed by atoms with Gasteiger partial charge in [-0.15, -0.1) is 24.8 Å². The van der Waals surface area contributed by atoms with Gasteiger partial charge in [-0.3, -0.25) is 15.0 Å². The second kappa shape index (κ2) is 13.0. The zero-order valence-corrected chi connectivity index (χ0v) is 20.0. The standard InChI is InChI=1S/C23H28N4O4.2ClH/c1-30-21(28)13-18-12-19(27(11-10-24)23(18)29)14-31-20-8-6-16(7-9-20)15-2-4-17(5-3-15)22(25)26;;/h2-9,18-19H,10-14,24H2,1H3,(H3,25,26);2*1H/t18-,19-;;/m0../s1. The molecule has 2 atom stereocenters. The number of nitrogens with two attached hydrogens (primary N) is 2. The van der Waals surface area contributed by atoms with Gasteiger partial charge in [0, 0.05) is 18.7 Å². The number of rotatable bonds is 9. The van der Waals surface area contributed by atoms with Crippen LogP contribution in [-0.4, -0.2) is 55.5 Å². The number of carbonyl (C=O) groups is 2. The van der Waals surface area contributed by atoms with Crippen LogP contribution in [0.1, 0.15) is 18.4 Å². The molecule has 1 fully saturated rings. The maximum absolute atomic E-state index is 12.6. The molecule has 0 saturated carbocycles. The fourth-order valence-corrected chi connectivity index (χ4v) is 3.79. The van der Waals surface area contributed by atoms with E-state index < -0.39 is 5.92 Å². The van der Waals surface area contributed by atoms with Gasteiger partial charge in [-0.2, -0.15) is 0 Å². The van der Waals surface area contributed by atoms with Gasteiger partial charge in [0.15, 0.2) is 0 Å². The first-order chi connectivity index (χ1) is 14.9. The van der Waals surface area contributed by atoms with Crippen molar-refractivity contribution in [3.05, 3.63) is 54.1 Å². The molecule has 3 rings (SSSR count). The summed E-state index contributed by atoms with van der Waals surface area (Å²) in [5.74, 6) is -0.125. The van der Waals surface area contributed by atoms with Crippen LogP contribution in [0.25, 0.3) is 11.1 Å². The molecular weight excluding hydrogens is 467 g/mol. The lowest BCUT2D eigenvalue weighted by Crippen LogP contribution is -2.40. The van der Waals surface area contributed by atoms with E-state index in [0.29, 0.717) is 37.4 Å². The molecule has 180 valence electrons. The molecule has 1 amide bonds. The lowest BCUT2D eigenvalue weighted by atomic mass is 10.0. The molecule has 5 N–H and O–H groups in total. The topological polar surface area (TPSA) is 132 Å². The molecule has 0 aromatic heterocycles. The molecule has 2 aromatic carbocycles. The van der Waals surface area contributed by atoms with Crippen LogP contribution in [0.4, 0.5) is 0 Å². The summed E-state index contributed by atoms with van der Waals surface area (Å²) >= 11 is 0. The number of amides is 1. The van der Waals surface area contributed by atoms with Crippen molar-refractivity contribution in [2.45, 2.75) is 18.9 Å². The Kier molecular flexibility index (Phi) is 11.1. The number of nitrogen functional groups attached to an aromatic ring is 1. The minimum absolute atomic E-state index is 0. The summed E-state index contributed by atoms with van der Waals surface area (Å²) in [5.41, 5.74) is 13.9. The van der Waals surface area contributed by atoms with Crippen molar-refractivity contribution >= 4 is 42.5 Å². The molecule has 1 aliphatic heterocycles. The predicted octanol–water partition coefficient (Wildman–Crippen LogP) is 2.60. The number of methoxy groups -OCH3 is 1. The van der Waals surface area contributed by atoms with Gasteiger partial charge in [-0.25, -0.2) is 0 Å². The summed E-state index contributed by atoms with van der Waals surface area (Å²) in [6.07, 6.45) is 0.610. The van der Waals surface area contributed by atoms with Crippen LogP contribution in [0.2, 0.25) is 0 Å². The van der Waals surface area contributed by atoms with Gasteiger partial charge in [0.25, 0.3) is 0 Å². The summed E-state index contributed by atoms with van der Waals surface area (Å²) < 4.78 is 10.6. The Morgan fingerprint density at radius 2 is 1.67 bits per heavy atom. The van der Waals surface area contributed by atoms with E-state index in [0.717, 1.165) is 11.1 Å². The number of likely N-dealkylation sites (tertiary alicyclic amines) is 1. The number of carbonyl (C=O) groups excluding carboxylic acids is 2. The van der Waals surface area contributed by atoms with Gasteiger partial charge in [0.05, 0.1) is 25.5 Å². The van der Waals surface area contributed by atoms with E-state index in [2.05, 4.69) is 0 Å². The molecule has 0 spiro atoms. The smallest absolute Gasteiger partial charge is 0.306 e. The van der Waals surface area contributed by atoms with Crippen molar-refractivity contribution in [3.8, 4) is 16.9 Å². The van der Waals surface area contributed by atoms with Crippen LogP contribution in [-0.2, 0) is 14.3 Å². The Labute approximate surface area is 205 Å². The number of hydrogen-bond acceptors (Lipinski definition) is 6. The number of nitrogens with zero attached hydrogens (tertiary/aromatic N) is 1. The molecule has 1 saturated heterocycles. The highest BCUT2D eigenvalue weighted by Crippen LogP contribution is 2.29. The number of benzene rings is 2. The first-order valence-electron chi connectivity index (χ1n) is 10.2. The molecule has 0 bridgehead atoms. The van der Waals surface area contributed by atoms with E-state index >= 15 is 0 Å². The largest absolute Gasteiger partial charge is 0.491 e. The Balaban J connectivity index is 0.00000272. The summed E-state index contributed by atoms with van der Waals surface area (Å²) in [7, 11) is 1.32. The average Bonchev–Trinajstić information content (AvgIpc) is 3.07. The summed E-state index contributed by atoms with van der Waals surface area (Å²) in [6.45, 7) is 1.11. The van der Waals surface area contributed by atoms with Crippen molar-refractivity contribution in [1.29, 1.82) is 5.41 Å². The van der Waals surface area contributed by atoms with Crippen molar-refractivity contribution in [2.24, 2.45) is 17.4 Å². The number of amidine groups is 1. The van der Waals surface area contributed by atoms with Crippen LogP contribution in [0, 0.1) is 11.3 Å². The van der Waals surface area contributed by atoms with Crippen molar-refractivity contribution in [3.63, 3.8) is 0 Å². The SMILES string of the molecule is COC(=O)C[C@@H]1C[C@@H](COc2ccc(-c3ccc(C(=N)N)cc3)cc2)N(CCN)C1=O.Cl.Cl. The van der Waals surface area contributed by atoms with Crippen LogP contribution in [0.3, 0.4) is 0 Å². The zero-order valence-electron chi connectivity index (χ0n) is 18.4. The van der Waals surface area contributed by atoms with E-state index in [1.165, 1.54) is 7.11 Å². The van der Waals surface area contributed by atoms with Crippen molar-refractivity contribution in [1.82, 2.24) is 4.90 Å². The molecule has 1 aliphatic rings. The number of ether oxygens (including phenoxy) is 2. The van der Waals surface area contributed by atoms with Gasteiger partial charge < -0.3 is 25.8 Å². The second-order valence-corrected chi connectivity index (χ2v) is 7.51. The van der Waals surface area contributed by atoms with Crippen LogP contribution < -0.4 is 16.2 Å². The quantitative estimate of drug-likeness (QED) is 0.277. The number of hydrogen-bond donors (Lipinski definition) is 3. The number of esters is 1. The van der Waals surface area contributed by atoms with Gasteiger partial charge in [0.1, 0.15) is 18.2 Å². The third-order valence-electron chi connectivity index (χ3n) is 5.47. The van der Waals surface area contributed by atoms with Crippen LogP contribution >= 0.6 is 24.8 Å². The van der Waals surface area contributed by atoms with Crippen molar-refractivity contribution < 1.29 is 19.1 Å². The molecule has 0 unspecified atom stereocenters. The van der Waals surface area contributed by atoms with Gasteiger partial charge in [0.2, 0.25) is 5.91 Å². The van der Waals surface area contributed by atoms with Gasteiger partial charge in [-0.05, 0) is 29.7 Å².